The molecule has 1 aromatic carbocycles. The molecule has 0 aromatic heterocycles. The van der Waals surface area contributed by atoms with E-state index in [1.807, 2.05) is 6.07 Å². The lowest BCUT2D eigenvalue weighted by atomic mass is 10.1. The van der Waals surface area contributed by atoms with E-state index in [-0.39, 0.29) is 5.91 Å². The summed E-state index contributed by atoms with van der Waals surface area (Å²) in [6.07, 6.45) is 4.31. The maximum atomic E-state index is 12.1. The van der Waals surface area contributed by atoms with Crippen molar-refractivity contribution in [3.63, 3.8) is 0 Å². The molecular formula is C16H24N2O3. The van der Waals surface area contributed by atoms with Gasteiger partial charge in [0.25, 0.3) is 0 Å². The second-order valence-corrected chi connectivity index (χ2v) is 5.27. The third-order valence-electron chi connectivity index (χ3n) is 3.79. The number of nitrogens with zero attached hydrogens (tertiary/aromatic N) is 1. The lowest BCUT2D eigenvalue weighted by molar-refractivity contribution is -0.116. The van der Waals surface area contributed by atoms with E-state index in [4.69, 9.17) is 9.47 Å². The van der Waals surface area contributed by atoms with Crippen molar-refractivity contribution in [1.82, 2.24) is 4.90 Å². The molecule has 0 saturated carbocycles. The van der Waals surface area contributed by atoms with Crippen molar-refractivity contribution < 1.29 is 14.3 Å². The second-order valence-electron chi connectivity index (χ2n) is 5.27. The Labute approximate surface area is 126 Å². The van der Waals surface area contributed by atoms with Crippen molar-refractivity contribution in [3.8, 4) is 11.5 Å². The number of piperidine rings is 1. The lowest BCUT2D eigenvalue weighted by Crippen LogP contribution is -2.32. The summed E-state index contributed by atoms with van der Waals surface area (Å²) in [5.74, 6) is 1.34. The Hall–Kier alpha value is -1.75. The number of hydrogen-bond acceptors (Lipinski definition) is 4. The number of anilines is 1. The van der Waals surface area contributed by atoms with Crippen LogP contribution in [0.1, 0.15) is 25.7 Å². The summed E-state index contributed by atoms with van der Waals surface area (Å²) in [6.45, 7) is 3.04. The van der Waals surface area contributed by atoms with Gasteiger partial charge in [-0.1, -0.05) is 6.42 Å². The van der Waals surface area contributed by atoms with Gasteiger partial charge in [-0.3, -0.25) is 4.79 Å². The third kappa shape index (κ3) is 4.63. The minimum atomic E-state index is 0.0176. The van der Waals surface area contributed by atoms with Crippen LogP contribution in [0.4, 0.5) is 5.69 Å². The third-order valence-corrected chi connectivity index (χ3v) is 3.79. The van der Waals surface area contributed by atoms with Crippen molar-refractivity contribution in [2.75, 3.05) is 39.2 Å². The fraction of sp³-hybridized carbons (Fsp3) is 0.562. The quantitative estimate of drug-likeness (QED) is 0.875. The average molecular weight is 292 g/mol. The summed E-state index contributed by atoms with van der Waals surface area (Å²) in [5.41, 5.74) is 0.682. The molecule has 1 N–H and O–H groups in total. The zero-order valence-corrected chi connectivity index (χ0v) is 12.9. The molecule has 1 fully saturated rings. The number of carbonyl (C=O) groups excluding carboxylic acids is 1. The summed E-state index contributed by atoms with van der Waals surface area (Å²) in [4.78, 5) is 14.4. The van der Waals surface area contributed by atoms with Crippen molar-refractivity contribution in [1.29, 1.82) is 0 Å². The summed E-state index contributed by atoms with van der Waals surface area (Å²) in [5, 5.41) is 2.91. The molecule has 1 saturated heterocycles. The van der Waals surface area contributed by atoms with E-state index >= 15 is 0 Å². The zero-order valence-electron chi connectivity index (χ0n) is 12.9. The van der Waals surface area contributed by atoms with Gasteiger partial charge < -0.3 is 19.7 Å². The van der Waals surface area contributed by atoms with Crippen molar-refractivity contribution in [2.24, 2.45) is 0 Å². The van der Waals surface area contributed by atoms with Gasteiger partial charge in [0.1, 0.15) is 11.5 Å². The maximum absolute atomic E-state index is 12.1. The molecule has 116 valence electrons. The first-order valence-corrected chi connectivity index (χ1v) is 7.47. The Bertz CT molecular complexity index is 471. The van der Waals surface area contributed by atoms with Gasteiger partial charge in [-0.05, 0) is 38.1 Å². The van der Waals surface area contributed by atoms with Crippen LogP contribution in [0.15, 0.2) is 18.2 Å². The SMILES string of the molecule is COc1ccc(NC(=O)CCN2CCCCC2)c(OC)c1. The molecule has 0 atom stereocenters. The largest absolute Gasteiger partial charge is 0.497 e. The van der Waals surface area contributed by atoms with Gasteiger partial charge in [0.15, 0.2) is 0 Å². The molecule has 1 aromatic rings. The zero-order chi connectivity index (χ0) is 15.1. The summed E-state index contributed by atoms with van der Waals surface area (Å²) >= 11 is 0. The molecule has 5 nitrogen and oxygen atoms in total. The van der Waals surface area contributed by atoms with Gasteiger partial charge in [0.05, 0.1) is 19.9 Å². The number of hydrogen-bond donors (Lipinski definition) is 1. The number of rotatable bonds is 6. The molecule has 21 heavy (non-hydrogen) atoms. The molecule has 0 spiro atoms. The predicted octanol–water partition coefficient (Wildman–Crippen LogP) is 2.52. The average Bonchev–Trinajstić information content (AvgIpc) is 2.54. The van der Waals surface area contributed by atoms with E-state index in [1.165, 1.54) is 19.3 Å². The Morgan fingerprint density at radius 3 is 2.62 bits per heavy atom. The molecule has 0 unspecified atom stereocenters. The van der Waals surface area contributed by atoms with E-state index in [2.05, 4.69) is 10.2 Å². The number of methoxy groups -OCH3 is 2. The van der Waals surface area contributed by atoms with Crippen LogP contribution in [0.25, 0.3) is 0 Å². The van der Waals surface area contributed by atoms with E-state index in [9.17, 15) is 4.79 Å². The van der Waals surface area contributed by atoms with E-state index in [0.29, 0.717) is 23.6 Å². The first-order valence-electron chi connectivity index (χ1n) is 7.47. The van der Waals surface area contributed by atoms with Gasteiger partial charge in [-0.2, -0.15) is 0 Å². The van der Waals surface area contributed by atoms with Gasteiger partial charge in [0, 0.05) is 19.0 Å². The van der Waals surface area contributed by atoms with Crippen molar-refractivity contribution >= 4 is 11.6 Å². The fourth-order valence-corrected chi connectivity index (χ4v) is 2.56. The van der Waals surface area contributed by atoms with Crippen molar-refractivity contribution in [3.05, 3.63) is 18.2 Å². The van der Waals surface area contributed by atoms with E-state index in [1.54, 1.807) is 26.4 Å². The molecule has 0 bridgehead atoms. The van der Waals surface area contributed by atoms with Crippen LogP contribution < -0.4 is 14.8 Å². The minimum Gasteiger partial charge on any atom is -0.497 e. The topological polar surface area (TPSA) is 50.8 Å². The molecule has 1 aliphatic heterocycles. The number of amides is 1. The first kappa shape index (κ1) is 15.6. The Balaban J connectivity index is 1.86. The molecule has 0 radical (unpaired) electrons. The van der Waals surface area contributed by atoms with Gasteiger partial charge in [-0.15, -0.1) is 0 Å². The van der Waals surface area contributed by atoms with Gasteiger partial charge >= 0.3 is 0 Å². The molecule has 0 aliphatic carbocycles. The molecule has 1 aliphatic rings. The highest BCUT2D eigenvalue weighted by atomic mass is 16.5. The standard InChI is InChI=1S/C16H24N2O3/c1-20-13-6-7-14(15(12-13)21-2)17-16(19)8-11-18-9-4-3-5-10-18/h6-7,12H,3-5,8-11H2,1-2H3,(H,17,19). The number of benzene rings is 1. The first-order chi connectivity index (χ1) is 10.2. The van der Waals surface area contributed by atoms with Crippen LogP contribution in [0.2, 0.25) is 0 Å². The van der Waals surface area contributed by atoms with Crippen LogP contribution >= 0.6 is 0 Å². The van der Waals surface area contributed by atoms with Crippen LogP contribution in [-0.2, 0) is 4.79 Å². The number of ether oxygens (including phenoxy) is 2. The van der Waals surface area contributed by atoms with Crippen LogP contribution in [0, 0.1) is 0 Å². The highest BCUT2D eigenvalue weighted by Crippen LogP contribution is 2.29. The van der Waals surface area contributed by atoms with Crippen molar-refractivity contribution in [2.45, 2.75) is 25.7 Å². The molecule has 1 amide bonds. The number of likely N-dealkylation sites (tertiary alicyclic amines) is 1. The minimum absolute atomic E-state index is 0.0176. The Morgan fingerprint density at radius 2 is 1.95 bits per heavy atom. The summed E-state index contributed by atoms with van der Waals surface area (Å²) in [7, 11) is 3.18. The summed E-state index contributed by atoms with van der Waals surface area (Å²) in [6, 6.07) is 5.37. The fourth-order valence-electron chi connectivity index (χ4n) is 2.56. The normalized spacial score (nSPS) is 15.5. The highest BCUT2D eigenvalue weighted by molar-refractivity contribution is 5.92. The second kappa shape index (κ2) is 7.88. The van der Waals surface area contributed by atoms with Crippen LogP contribution in [0.5, 0.6) is 11.5 Å². The predicted molar refractivity (Wildman–Crippen MR) is 83.1 cm³/mol. The highest BCUT2D eigenvalue weighted by Gasteiger charge is 2.13. The van der Waals surface area contributed by atoms with Gasteiger partial charge in [0.2, 0.25) is 5.91 Å². The smallest absolute Gasteiger partial charge is 0.225 e. The number of carbonyl (C=O) groups is 1. The maximum Gasteiger partial charge on any atom is 0.225 e. The summed E-state index contributed by atoms with van der Waals surface area (Å²) < 4.78 is 10.4. The molecule has 5 heteroatoms. The molecular weight excluding hydrogens is 268 g/mol. The molecule has 2 rings (SSSR count). The van der Waals surface area contributed by atoms with E-state index in [0.717, 1.165) is 19.6 Å². The lowest BCUT2D eigenvalue weighted by Gasteiger charge is -2.26. The Morgan fingerprint density at radius 1 is 1.19 bits per heavy atom. The van der Waals surface area contributed by atoms with Crippen LogP contribution in [-0.4, -0.2) is 44.7 Å². The molecule has 1 heterocycles. The van der Waals surface area contributed by atoms with Gasteiger partial charge in [-0.25, -0.2) is 0 Å². The van der Waals surface area contributed by atoms with Crippen LogP contribution in [0.3, 0.4) is 0 Å². The monoisotopic (exact) mass is 292 g/mol. The number of nitrogens with one attached hydrogen (secondary N) is 1. The van der Waals surface area contributed by atoms with E-state index < -0.39 is 0 Å². The Kier molecular flexibility index (Phi) is 5.87.